The fraction of sp³-hybridized carbons (Fsp3) is 0.562. The average molecular weight is 348 g/mol. The molecule has 0 saturated carbocycles. The minimum absolute atomic E-state index is 0.163. The third-order valence-electron chi connectivity index (χ3n) is 3.89. The predicted molar refractivity (Wildman–Crippen MR) is 90.7 cm³/mol. The topological polar surface area (TPSA) is 93.0 Å². The van der Waals surface area contributed by atoms with E-state index in [0.29, 0.717) is 30.1 Å². The van der Waals surface area contributed by atoms with Gasteiger partial charge in [-0.2, -0.15) is 10.2 Å². The standard InChI is InChI=1S/C16H20N4O3S/c1-5-6-8-16(19-20-16)9-7-12(21)18-14-17-11(10-24-14)15(2,3)13(22)23-4/h1,10H,6-9H2,2-4H3,(H,17,18,21). The van der Waals surface area contributed by atoms with Gasteiger partial charge in [-0.05, 0) is 13.8 Å². The molecule has 0 saturated heterocycles. The van der Waals surface area contributed by atoms with E-state index in [9.17, 15) is 9.59 Å². The Morgan fingerprint density at radius 1 is 1.42 bits per heavy atom. The molecular formula is C16H20N4O3S. The number of terminal acetylenes is 1. The summed E-state index contributed by atoms with van der Waals surface area (Å²) in [4.78, 5) is 28.2. The van der Waals surface area contributed by atoms with Crippen molar-refractivity contribution >= 4 is 28.3 Å². The first-order valence-corrected chi connectivity index (χ1v) is 8.43. The largest absolute Gasteiger partial charge is 0.468 e. The third kappa shape index (κ3) is 4.17. The van der Waals surface area contributed by atoms with Gasteiger partial charge in [-0.1, -0.05) is 0 Å². The molecule has 0 radical (unpaired) electrons. The molecular weight excluding hydrogens is 328 g/mol. The second kappa shape index (κ2) is 7.09. The Kier molecular flexibility index (Phi) is 5.34. The first kappa shape index (κ1) is 18.1. The number of anilines is 1. The number of nitrogens with zero attached hydrogens (tertiary/aromatic N) is 3. The first-order chi connectivity index (χ1) is 11.3. The fourth-order valence-electron chi connectivity index (χ4n) is 2.14. The Bertz CT molecular complexity index is 696. The molecule has 0 spiro atoms. The van der Waals surface area contributed by atoms with Gasteiger partial charge in [0.25, 0.3) is 0 Å². The zero-order valence-corrected chi connectivity index (χ0v) is 14.8. The van der Waals surface area contributed by atoms with Crippen molar-refractivity contribution in [3.8, 4) is 12.3 Å². The Labute approximate surface area is 144 Å². The zero-order valence-electron chi connectivity index (χ0n) is 14.0. The van der Waals surface area contributed by atoms with Crippen LogP contribution >= 0.6 is 11.3 Å². The van der Waals surface area contributed by atoms with Crippen LogP contribution < -0.4 is 5.32 Å². The van der Waals surface area contributed by atoms with Crippen LogP contribution in [0.4, 0.5) is 5.13 Å². The number of ether oxygens (including phenoxy) is 1. The lowest BCUT2D eigenvalue weighted by Crippen LogP contribution is -2.30. The number of hydrogen-bond acceptors (Lipinski definition) is 7. The van der Waals surface area contributed by atoms with Crippen LogP contribution in [0, 0.1) is 12.3 Å². The summed E-state index contributed by atoms with van der Waals surface area (Å²) in [5, 5.41) is 12.9. The molecule has 0 bridgehead atoms. The number of esters is 1. The quantitative estimate of drug-likeness (QED) is 0.577. The summed E-state index contributed by atoms with van der Waals surface area (Å²) in [5.74, 6) is 2.02. The van der Waals surface area contributed by atoms with Crippen molar-refractivity contribution in [2.24, 2.45) is 10.2 Å². The number of carbonyl (C=O) groups excluding carboxylic acids is 2. The Morgan fingerprint density at radius 3 is 2.71 bits per heavy atom. The molecule has 128 valence electrons. The van der Waals surface area contributed by atoms with Crippen molar-refractivity contribution in [3.63, 3.8) is 0 Å². The summed E-state index contributed by atoms with van der Waals surface area (Å²) >= 11 is 1.27. The number of carbonyl (C=O) groups is 2. The molecule has 0 fully saturated rings. The molecule has 0 atom stereocenters. The lowest BCUT2D eigenvalue weighted by atomic mass is 9.90. The van der Waals surface area contributed by atoms with Crippen LogP contribution in [0.25, 0.3) is 0 Å². The number of thiazole rings is 1. The molecule has 2 rings (SSSR count). The molecule has 1 N–H and O–H groups in total. The first-order valence-electron chi connectivity index (χ1n) is 7.55. The summed E-state index contributed by atoms with van der Waals surface area (Å²) in [5.41, 5.74) is -0.767. The van der Waals surface area contributed by atoms with Crippen molar-refractivity contribution in [3.05, 3.63) is 11.1 Å². The molecule has 1 aliphatic rings. The maximum atomic E-state index is 12.0. The van der Waals surface area contributed by atoms with Crippen LogP contribution in [0.5, 0.6) is 0 Å². The van der Waals surface area contributed by atoms with E-state index in [1.807, 2.05) is 0 Å². The van der Waals surface area contributed by atoms with Crippen LogP contribution in [-0.4, -0.2) is 29.6 Å². The smallest absolute Gasteiger partial charge is 0.317 e. The minimum Gasteiger partial charge on any atom is -0.468 e. The summed E-state index contributed by atoms with van der Waals surface area (Å²) in [7, 11) is 1.34. The summed E-state index contributed by atoms with van der Waals surface area (Å²) in [6.45, 7) is 3.45. The van der Waals surface area contributed by atoms with Gasteiger partial charge in [0, 0.05) is 31.1 Å². The minimum atomic E-state index is -0.862. The Hall–Kier alpha value is -2.27. The number of nitrogens with one attached hydrogen (secondary N) is 1. The summed E-state index contributed by atoms with van der Waals surface area (Å²) in [6.07, 6.45) is 7.32. The van der Waals surface area contributed by atoms with Gasteiger partial charge in [0.05, 0.1) is 12.8 Å². The summed E-state index contributed by atoms with van der Waals surface area (Å²) in [6, 6.07) is 0. The van der Waals surface area contributed by atoms with Crippen molar-refractivity contribution in [1.29, 1.82) is 0 Å². The second-order valence-corrected chi connectivity index (χ2v) is 6.95. The molecule has 0 aromatic carbocycles. The summed E-state index contributed by atoms with van der Waals surface area (Å²) < 4.78 is 4.78. The van der Waals surface area contributed by atoms with Crippen molar-refractivity contribution in [2.75, 3.05) is 12.4 Å². The Morgan fingerprint density at radius 2 is 2.12 bits per heavy atom. The lowest BCUT2D eigenvalue weighted by molar-refractivity contribution is -0.146. The van der Waals surface area contributed by atoms with Crippen molar-refractivity contribution in [1.82, 2.24) is 4.98 Å². The van der Waals surface area contributed by atoms with Gasteiger partial charge < -0.3 is 10.1 Å². The normalized spacial score (nSPS) is 14.8. The van der Waals surface area contributed by atoms with Crippen LogP contribution in [0.2, 0.25) is 0 Å². The van der Waals surface area contributed by atoms with E-state index in [4.69, 9.17) is 11.2 Å². The maximum absolute atomic E-state index is 12.0. The highest BCUT2D eigenvalue weighted by Gasteiger charge is 2.39. The Balaban J connectivity index is 1.87. The average Bonchev–Trinajstić information content (AvgIpc) is 3.18. The van der Waals surface area contributed by atoms with Crippen LogP contribution in [0.15, 0.2) is 15.6 Å². The zero-order chi connectivity index (χ0) is 17.8. The van der Waals surface area contributed by atoms with Gasteiger partial charge >= 0.3 is 5.97 Å². The molecule has 1 amide bonds. The van der Waals surface area contributed by atoms with E-state index in [0.717, 1.165) is 0 Å². The molecule has 7 nitrogen and oxygen atoms in total. The van der Waals surface area contributed by atoms with Crippen molar-refractivity contribution in [2.45, 2.75) is 50.6 Å². The molecule has 0 aliphatic carbocycles. The monoisotopic (exact) mass is 348 g/mol. The molecule has 24 heavy (non-hydrogen) atoms. The molecule has 1 aliphatic heterocycles. The van der Waals surface area contributed by atoms with E-state index in [2.05, 4.69) is 26.4 Å². The highest BCUT2D eigenvalue weighted by atomic mass is 32.1. The van der Waals surface area contributed by atoms with E-state index >= 15 is 0 Å². The van der Waals surface area contributed by atoms with Gasteiger partial charge in [0.2, 0.25) is 5.91 Å². The number of rotatable bonds is 8. The van der Waals surface area contributed by atoms with Crippen LogP contribution in [0.1, 0.15) is 45.2 Å². The van der Waals surface area contributed by atoms with Crippen LogP contribution in [-0.2, 0) is 19.7 Å². The molecule has 1 aromatic rings. The number of hydrogen-bond donors (Lipinski definition) is 1. The SMILES string of the molecule is C#CCCC1(CCC(=O)Nc2nc(C(C)(C)C(=O)OC)cs2)N=N1. The molecule has 1 aromatic heterocycles. The fourth-order valence-corrected chi connectivity index (χ4v) is 3.04. The molecule has 8 heteroatoms. The maximum Gasteiger partial charge on any atom is 0.317 e. The highest BCUT2D eigenvalue weighted by Crippen LogP contribution is 2.37. The highest BCUT2D eigenvalue weighted by molar-refractivity contribution is 7.14. The van der Waals surface area contributed by atoms with Gasteiger partial charge in [0.15, 0.2) is 10.8 Å². The molecule has 2 heterocycles. The van der Waals surface area contributed by atoms with Crippen molar-refractivity contribution < 1.29 is 14.3 Å². The van der Waals surface area contributed by atoms with E-state index in [1.165, 1.54) is 18.4 Å². The third-order valence-corrected chi connectivity index (χ3v) is 4.65. The van der Waals surface area contributed by atoms with Crippen LogP contribution in [0.3, 0.4) is 0 Å². The molecule has 0 unspecified atom stereocenters. The van der Waals surface area contributed by atoms with Gasteiger partial charge in [0.1, 0.15) is 5.41 Å². The number of aromatic nitrogens is 1. The van der Waals surface area contributed by atoms with Gasteiger partial charge in [-0.25, -0.2) is 4.98 Å². The number of methoxy groups -OCH3 is 1. The van der Waals surface area contributed by atoms with Gasteiger partial charge in [-0.3, -0.25) is 9.59 Å². The van der Waals surface area contributed by atoms with Gasteiger partial charge in [-0.15, -0.1) is 23.7 Å². The lowest BCUT2D eigenvalue weighted by Gasteiger charge is -2.18. The second-order valence-electron chi connectivity index (χ2n) is 6.09. The van der Waals surface area contributed by atoms with E-state index in [1.54, 1.807) is 19.2 Å². The predicted octanol–water partition coefficient (Wildman–Crippen LogP) is 2.89. The number of amides is 1. The van der Waals surface area contributed by atoms with E-state index in [-0.39, 0.29) is 18.3 Å². The van der Waals surface area contributed by atoms with E-state index < -0.39 is 11.1 Å².